The van der Waals surface area contributed by atoms with Gasteiger partial charge in [-0.15, -0.1) is 0 Å². The quantitative estimate of drug-likeness (QED) is 0.738. The average molecular weight is 312 g/mol. The molecule has 1 aliphatic rings. The zero-order valence-corrected chi connectivity index (χ0v) is 12.6. The van der Waals surface area contributed by atoms with Crippen LogP contribution in [0.25, 0.3) is 0 Å². The number of carbonyl (C=O) groups is 1. The first-order valence-electron chi connectivity index (χ1n) is 6.76. The number of rotatable bonds is 5. The lowest BCUT2D eigenvalue weighted by molar-refractivity contribution is -0.122. The zero-order chi connectivity index (χ0) is 15.3. The Morgan fingerprint density at radius 1 is 1.14 bits per heavy atom. The van der Waals surface area contributed by atoms with Crippen LogP contribution in [0.5, 0.6) is 0 Å². The minimum Gasteiger partial charge on any atom is -0.351 e. The van der Waals surface area contributed by atoms with E-state index in [-0.39, 0.29) is 12.5 Å². The molecular weight excluding hydrogens is 292 g/mol. The SMILES string of the molecule is NS(=O)(=O)N1CCN(CC(=O)NCc2ccccc2)CC1. The summed E-state index contributed by atoms with van der Waals surface area (Å²) in [5, 5.41) is 7.92. The van der Waals surface area contributed by atoms with Crippen LogP contribution in [-0.2, 0) is 21.5 Å². The first kappa shape index (κ1) is 15.9. The van der Waals surface area contributed by atoms with Crippen molar-refractivity contribution in [3.63, 3.8) is 0 Å². The number of hydrogen-bond donors (Lipinski definition) is 2. The van der Waals surface area contributed by atoms with Gasteiger partial charge in [0, 0.05) is 32.7 Å². The van der Waals surface area contributed by atoms with E-state index >= 15 is 0 Å². The Morgan fingerprint density at radius 2 is 1.76 bits per heavy atom. The van der Waals surface area contributed by atoms with E-state index in [9.17, 15) is 13.2 Å². The molecule has 1 aromatic rings. The van der Waals surface area contributed by atoms with Gasteiger partial charge in [0.05, 0.1) is 6.54 Å². The minimum absolute atomic E-state index is 0.0668. The van der Waals surface area contributed by atoms with E-state index in [4.69, 9.17) is 5.14 Å². The van der Waals surface area contributed by atoms with Crippen molar-refractivity contribution >= 4 is 16.1 Å². The Hall–Kier alpha value is -1.48. The van der Waals surface area contributed by atoms with Gasteiger partial charge in [-0.3, -0.25) is 9.69 Å². The van der Waals surface area contributed by atoms with E-state index in [0.29, 0.717) is 32.7 Å². The van der Waals surface area contributed by atoms with Crippen molar-refractivity contribution in [3.8, 4) is 0 Å². The number of piperazine rings is 1. The summed E-state index contributed by atoms with van der Waals surface area (Å²) in [6.07, 6.45) is 0. The number of carbonyl (C=O) groups excluding carboxylic acids is 1. The van der Waals surface area contributed by atoms with Gasteiger partial charge in [0.1, 0.15) is 0 Å². The topological polar surface area (TPSA) is 95.7 Å². The maximum Gasteiger partial charge on any atom is 0.276 e. The lowest BCUT2D eigenvalue weighted by Gasteiger charge is -2.32. The fourth-order valence-corrected chi connectivity index (χ4v) is 2.87. The van der Waals surface area contributed by atoms with Gasteiger partial charge in [-0.05, 0) is 5.56 Å². The highest BCUT2D eigenvalue weighted by Gasteiger charge is 2.24. The second-order valence-electron chi connectivity index (χ2n) is 4.98. The molecule has 0 radical (unpaired) electrons. The van der Waals surface area contributed by atoms with Crippen LogP contribution in [0.1, 0.15) is 5.56 Å². The summed E-state index contributed by atoms with van der Waals surface area (Å²) in [6.45, 7) is 2.43. The maximum absolute atomic E-state index is 11.9. The van der Waals surface area contributed by atoms with Crippen LogP contribution < -0.4 is 10.5 Å². The summed E-state index contributed by atoms with van der Waals surface area (Å²) in [6, 6.07) is 9.68. The Kier molecular flexibility index (Phi) is 5.29. The number of hydrogen-bond acceptors (Lipinski definition) is 4. The number of nitrogens with two attached hydrogens (primary N) is 1. The van der Waals surface area contributed by atoms with Crippen molar-refractivity contribution in [3.05, 3.63) is 35.9 Å². The fraction of sp³-hybridized carbons (Fsp3) is 0.462. The molecule has 0 atom stereocenters. The largest absolute Gasteiger partial charge is 0.351 e. The van der Waals surface area contributed by atoms with Gasteiger partial charge in [-0.2, -0.15) is 12.7 Å². The molecule has 0 saturated carbocycles. The lowest BCUT2D eigenvalue weighted by atomic mass is 10.2. The normalized spacial score (nSPS) is 17.6. The number of nitrogens with one attached hydrogen (secondary N) is 1. The zero-order valence-electron chi connectivity index (χ0n) is 11.7. The van der Waals surface area contributed by atoms with E-state index in [1.54, 1.807) is 0 Å². The van der Waals surface area contributed by atoms with Crippen molar-refractivity contribution in [2.75, 3.05) is 32.7 Å². The van der Waals surface area contributed by atoms with Crippen molar-refractivity contribution in [2.45, 2.75) is 6.54 Å². The fourth-order valence-electron chi connectivity index (χ4n) is 2.20. The second kappa shape index (κ2) is 6.99. The Bertz CT molecular complexity index is 568. The molecule has 1 fully saturated rings. The van der Waals surface area contributed by atoms with Gasteiger partial charge in [0.2, 0.25) is 5.91 Å². The molecule has 0 bridgehead atoms. The Balaban J connectivity index is 1.72. The molecule has 116 valence electrons. The predicted octanol–water partition coefficient (Wildman–Crippen LogP) is -0.876. The average Bonchev–Trinajstić information content (AvgIpc) is 2.46. The monoisotopic (exact) mass is 312 g/mol. The van der Waals surface area contributed by atoms with E-state index < -0.39 is 10.2 Å². The summed E-state index contributed by atoms with van der Waals surface area (Å²) in [5.74, 6) is -0.0668. The number of nitrogens with zero attached hydrogens (tertiary/aromatic N) is 2. The van der Waals surface area contributed by atoms with E-state index in [0.717, 1.165) is 5.56 Å². The van der Waals surface area contributed by atoms with Crippen LogP contribution >= 0.6 is 0 Å². The predicted molar refractivity (Wildman–Crippen MR) is 79.4 cm³/mol. The van der Waals surface area contributed by atoms with Crippen molar-refractivity contribution < 1.29 is 13.2 Å². The van der Waals surface area contributed by atoms with Crippen LogP contribution in [0.3, 0.4) is 0 Å². The van der Waals surface area contributed by atoms with E-state index in [1.165, 1.54) is 4.31 Å². The highest BCUT2D eigenvalue weighted by molar-refractivity contribution is 7.86. The summed E-state index contributed by atoms with van der Waals surface area (Å²) in [5.41, 5.74) is 1.05. The first-order chi connectivity index (χ1) is 9.95. The van der Waals surface area contributed by atoms with Gasteiger partial charge >= 0.3 is 0 Å². The van der Waals surface area contributed by atoms with Gasteiger partial charge in [0.15, 0.2) is 0 Å². The smallest absolute Gasteiger partial charge is 0.276 e. The summed E-state index contributed by atoms with van der Waals surface area (Å²) in [7, 11) is -3.62. The van der Waals surface area contributed by atoms with Crippen LogP contribution in [0.4, 0.5) is 0 Å². The van der Waals surface area contributed by atoms with Crippen molar-refractivity contribution in [1.82, 2.24) is 14.5 Å². The lowest BCUT2D eigenvalue weighted by Crippen LogP contribution is -2.52. The van der Waals surface area contributed by atoms with Crippen molar-refractivity contribution in [2.24, 2.45) is 5.14 Å². The molecule has 2 rings (SSSR count). The summed E-state index contributed by atoms with van der Waals surface area (Å²) >= 11 is 0. The van der Waals surface area contributed by atoms with Gasteiger partial charge in [-0.25, -0.2) is 5.14 Å². The third-order valence-corrected chi connectivity index (χ3v) is 4.48. The first-order valence-corrected chi connectivity index (χ1v) is 8.26. The number of amides is 1. The molecule has 1 amide bonds. The van der Waals surface area contributed by atoms with Crippen LogP contribution in [-0.4, -0.2) is 56.3 Å². The van der Waals surface area contributed by atoms with Crippen LogP contribution in [0.2, 0.25) is 0 Å². The van der Waals surface area contributed by atoms with E-state index in [2.05, 4.69) is 5.32 Å². The highest BCUT2D eigenvalue weighted by atomic mass is 32.2. The molecule has 1 aliphatic heterocycles. The molecule has 1 saturated heterocycles. The minimum atomic E-state index is -3.62. The van der Waals surface area contributed by atoms with E-state index in [1.807, 2.05) is 35.2 Å². The Labute approximate surface area is 124 Å². The highest BCUT2D eigenvalue weighted by Crippen LogP contribution is 2.04. The molecule has 0 spiro atoms. The van der Waals surface area contributed by atoms with Gasteiger partial charge in [-0.1, -0.05) is 30.3 Å². The summed E-state index contributed by atoms with van der Waals surface area (Å²) < 4.78 is 23.6. The Morgan fingerprint density at radius 3 is 2.33 bits per heavy atom. The standard InChI is InChI=1S/C13H20N4O3S/c14-21(19,20)17-8-6-16(7-9-17)11-13(18)15-10-12-4-2-1-3-5-12/h1-5H,6-11H2,(H,15,18)(H2,14,19,20). The second-order valence-corrected chi connectivity index (χ2v) is 6.53. The molecule has 21 heavy (non-hydrogen) atoms. The molecule has 1 heterocycles. The van der Waals surface area contributed by atoms with Gasteiger partial charge in [0.25, 0.3) is 10.2 Å². The molecule has 3 N–H and O–H groups in total. The van der Waals surface area contributed by atoms with Crippen LogP contribution in [0, 0.1) is 0 Å². The van der Waals surface area contributed by atoms with Crippen molar-refractivity contribution in [1.29, 1.82) is 0 Å². The number of benzene rings is 1. The summed E-state index contributed by atoms with van der Waals surface area (Å²) in [4.78, 5) is 13.8. The molecule has 7 nitrogen and oxygen atoms in total. The van der Waals surface area contributed by atoms with Gasteiger partial charge < -0.3 is 5.32 Å². The molecule has 0 aromatic heterocycles. The molecule has 8 heteroatoms. The maximum atomic E-state index is 11.9. The molecule has 0 aliphatic carbocycles. The molecular formula is C13H20N4O3S. The van der Waals surface area contributed by atoms with Crippen LogP contribution in [0.15, 0.2) is 30.3 Å². The third-order valence-electron chi connectivity index (χ3n) is 3.39. The third kappa shape index (κ3) is 5.09. The molecule has 1 aromatic carbocycles. The molecule has 0 unspecified atom stereocenters.